The third kappa shape index (κ3) is 3.86. The van der Waals surface area contributed by atoms with Crippen molar-refractivity contribution in [2.45, 2.75) is 71.5 Å². The number of rotatable bonds is 7. The van der Waals surface area contributed by atoms with Gasteiger partial charge < -0.3 is 10.3 Å². The Morgan fingerprint density at radius 1 is 1.29 bits per heavy atom. The summed E-state index contributed by atoms with van der Waals surface area (Å²) >= 11 is 0. The minimum absolute atomic E-state index is 0.292. The van der Waals surface area contributed by atoms with E-state index in [0.29, 0.717) is 30.6 Å². The number of aromatic nitrogens is 2. The third-order valence-corrected chi connectivity index (χ3v) is 4.59. The Kier molecular flexibility index (Phi) is 5.82. The van der Waals surface area contributed by atoms with Gasteiger partial charge in [-0.3, -0.25) is 4.90 Å². The summed E-state index contributed by atoms with van der Waals surface area (Å²) in [5.74, 6) is 0.662. The summed E-state index contributed by atoms with van der Waals surface area (Å²) in [6, 6.07) is 1.41. The lowest BCUT2D eigenvalue weighted by atomic mass is 10.0. The van der Waals surface area contributed by atoms with Crippen molar-refractivity contribution >= 4 is 0 Å². The molecule has 1 atom stereocenters. The van der Waals surface area contributed by atoms with Crippen LogP contribution in [-0.2, 0) is 0 Å². The fourth-order valence-electron chi connectivity index (χ4n) is 3.62. The van der Waals surface area contributed by atoms with Crippen molar-refractivity contribution in [1.82, 2.24) is 14.5 Å². The number of imidazole rings is 1. The summed E-state index contributed by atoms with van der Waals surface area (Å²) in [5.41, 5.74) is 7.47. The van der Waals surface area contributed by atoms with Gasteiger partial charge in [0.1, 0.15) is 0 Å². The van der Waals surface area contributed by atoms with E-state index in [1.54, 1.807) is 0 Å². The molecule has 1 aliphatic rings. The first-order valence-corrected chi connectivity index (χ1v) is 8.52. The molecule has 1 saturated carbocycles. The van der Waals surface area contributed by atoms with E-state index in [2.05, 4.69) is 42.1 Å². The van der Waals surface area contributed by atoms with E-state index < -0.39 is 0 Å². The minimum Gasteiger partial charge on any atom is -0.331 e. The molecule has 4 heteroatoms. The van der Waals surface area contributed by atoms with Crippen LogP contribution in [0.15, 0.2) is 12.5 Å². The molecule has 0 radical (unpaired) electrons. The molecule has 2 rings (SSSR count). The molecule has 0 bridgehead atoms. The maximum atomic E-state index is 6.19. The maximum absolute atomic E-state index is 6.19. The van der Waals surface area contributed by atoms with Crippen molar-refractivity contribution in [2.75, 3.05) is 13.1 Å². The molecule has 120 valence electrons. The Labute approximate surface area is 129 Å². The van der Waals surface area contributed by atoms with Crippen LogP contribution in [0.4, 0.5) is 0 Å². The van der Waals surface area contributed by atoms with Crippen LogP contribution < -0.4 is 5.73 Å². The molecule has 4 nitrogen and oxygen atoms in total. The highest BCUT2D eigenvalue weighted by atomic mass is 15.2. The molecule has 2 N–H and O–H groups in total. The van der Waals surface area contributed by atoms with Crippen LogP contribution in [0.5, 0.6) is 0 Å². The van der Waals surface area contributed by atoms with Crippen LogP contribution in [0.2, 0.25) is 0 Å². The molecular weight excluding hydrogens is 260 g/mol. The van der Waals surface area contributed by atoms with Crippen molar-refractivity contribution in [1.29, 1.82) is 0 Å². The van der Waals surface area contributed by atoms with E-state index in [0.717, 1.165) is 6.54 Å². The lowest BCUT2D eigenvalue weighted by Gasteiger charge is -2.37. The Morgan fingerprint density at radius 3 is 2.48 bits per heavy atom. The van der Waals surface area contributed by atoms with Gasteiger partial charge in [-0.1, -0.05) is 26.7 Å². The quantitative estimate of drug-likeness (QED) is 0.838. The number of nitrogens with two attached hydrogens (primary N) is 1. The molecule has 1 heterocycles. The topological polar surface area (TPSA) is 47.1 Å². The highest BCUT2D eigenvalue weighted by Gasteiger charge is 2.31. The van der Waals surface area contributed by atoms with Gasteiger partial charge in [0.2, 0.25) is 0 Å². The molecule has 0 amide bonds. The molecule has 1 aromatic heterocycles. The third-order valence-electron chi connectivity index (χ3n) is 4.59. The second-order valence-electron chi connectivity index (χ2n) is 7.10. The van der Waals surface area contributed by atoms with Gasteiger partial charge in [0.25, 0.3) is 0 Å². The molecule has 21 heavy (non-hydrogen) atoms. The van der Waals surface area contributed by atoms with E-state index in [1.807, 2.05) is 12.5 Å². The highest BCUT2D eigenvalue weighted by molar-refractivity contribution is 5.09. The van der Waals surface area contributed by atoms with E-state index in [-0.39, 0.29) is 0 Å². The van der Waals surface area contributed by atoms with E-state index in [1.165, 1.54) is 31.4 Å². The molecular formula is C17H32N4. The first kappa shape index (κ1) is 16.5. The van der Waals surface area contributed by atoms with Gasteiger partial charge in [-0.2, -0.15) is 0 Å². The predicted molar refractivity (Wildman–Crippen MR) is 88.2 cm³/mol. The Morgan fingerprint density at radius 2 is 1.95 bits per heavy atom. The summed E-state index contributed by atoms with van der Waals surface area (Å²) < 4.78 is 2.28. The van der Waals surface area contributed by atoms with Crippen LogP contribution in [0, 0.1) is 5.92 Å². The van der Waals surface area contributed by atoms with Gasteiger partial charge in [0, 0.05) is 31.4 Å². The van der Waals surface area contributed by atoms with Gasteiger partial charge in [-0.05, 0) is 32.6 Å². The fraction of sp³-hybridized carbons (Fsp3) is 0.824. The minimum atomic E-state index is 0.292. The largest absolute Gasteiger partial charge is 0.331 e. The van der Waals surface area contributed by atoms with Crippen molar-refractivity contribution in [2.24, 2.45) is 11.7 Å². The Hall–Kier alpha value is -0.870. The zero-order chi connectivity index (χ0) is 15.4. The van der Waals surface area contributed by atoms with Gasteiger partial charge in [0.05, 0.1) is 18.1 Å². The van der Waals surface area contributed by atoms with Crippen LogP contribution in [0.3, 0.4) is 0 Å². The second-order valence-corrected chi connectivity index (χ2v) is 7.10. The Bertz CT molecular complexity index is 418. The molecule has 0 spiro atoms. The fourth-order valence-corrected chi connectivity index (χ4v) is 3.62. The molecule has 1 unspecified atom stereocenters. The van der Waals surface area contributed by atoms with Crippen LogP contribution in [0.25, 0.3) is 0 Å². The number of hydrogen-bond acceptors (Lipinski definition) is 3. The molecule has 0 aliphatic heterocycles. The van der Waals surface area contributed by atoms with E-state index in [9.17, 15) is 0 Å². The second kappa shape index (κ2) is 7.41. The van der Waals surface area contributed by atoms with Gasteiger partial charge in [-0.25, -0.2) is 4.98 Å². The normalized spacial score (nSPS) is 18.3. The van der Waals surface area contributed by atoms with E-state index >= 15 is 0 Å². The summed E-state index contributed by atoms with van der Waals surface area (Å²) in [6.45, 7) is 10.8. The Balaban J connectivity index is 2.27. The van der Waals surface area contributed by atoms with Gasteiger partial charge in [0.15, 0.2) is 0 Å². The maximum Gasteiger partial charge on any atom is 0.0951 e. The van der Waals surface area contributed by atoms with Gasteiger partial charge >= 0.3 is 0 Å². The molecule has 1 aliphatic carbocycles. The first-order chi connectivity index (χ1) is 10.0. The van der Waals surface area contributed by atoms with Crippen molar-refractivity contribution in [3.8, 4) is 0 Å². The summed E-state index contributed by atoms with van der Waals surface area (Å²) in [6.07, 6.45) is 9.32. The SMILES string of the molecule is CC(C)CN(C1CCCC1)C(CN)c1cncn1C(C)C. The standard InChI is InChI=1S/C17H32N4/c1-13(2)11-20(15-7-5-6-8-15)16(9-18)17-10-19-12-21(17)14(3)4/h10,12-16H,5-9,11,18H2,1-4H3. The molecule has 1 aromatic rings. The predicted octanol–water partition coefficient (Wildman–Crippen LogP) is 3.36. The summed E-state index contributed by atoms with van der Waals surface area (Å²) in [4.78, 5) is 7.04. The molecule has 1 fully saturated rings. The van der Waals surface area contributed by atoms with Gasteiger partial charge in [-0.15, -0.1) is 0 Å². The average Bonchev–Trinajstić information content (AvgIpc) is 3.09. The van der Waals surface area contributed by atoms with Crippen LogP contribution >= 0.6 is 0 Å². The van der Waals surface area contributed by atoms with Crippen molar-refractivity contribution < 1.29 is 0 Å². The summed E-state index contributed by atoms with van der Waals surface area (Å²) in [5, 5.41) is 0. The monoisotopic (exact) mass is 292 g/mol. The van der Waals surface area contributed by atoms with E-state index in [4.69, 9.17) is 5.73 Å². The lowest BCUT2D eigenvalue weighted by Crippen LogP contribution is -2.43. The zero-order valence-electron chi connectivity index (χ0n) is 14.1. The van der Waals surface area contributed by atoms with Crippen molar-refractivity contribution in [3.63, 3.8) is 0 Å². The first-order valence-electron chi connectivity index (χ1n) is 8.52. The van der Waals surface area contributed by atoms with Crippen molar-refractivity contribution in [3.05, 3.63) is 18.2 Å². The van der Waals surface area contributed by atoms with Crippen LogP contribution in [0.1, 0.15) is 71.2 Å². The molecule has 0 saturated heterocycles. The number of hydrogen-bond donors (Lipinski definition) is 1. The lowest BCUT2D eigenvalue weighted by molar-refractivity contribution is 0.116. The zero-order valence-corrected chi connectivity index (χ0v) is 14.1. The number of nitrogens with zero attached hydrogens (tertiary/aromatic N) is 3. The smallest absolute Gasteiger partial charge is 0.0951 e. The van der Waals surface area contributed by atoms with Crippen LogP contribution in [-0.4, -0.2) is 33.6 Å². The molecule has 0 aromatic carbocycles. The average molecular weight is 292 g/mol. The summed E-state index contributed by atoms with van der Waals surface area (Å²) in [7, 11) is 0. The highest BCUT2D eigenvalue weighted by Crippen LogP contribution is 2.32.